The Kier molecular flexibility index (Phi) is 4.83. The third-order valence-corrected chi connectivity index (χ3v) is 5.20. The van der Waals surface area contributed by atoms with E-state index in [4.69, 9.17) is 0 Å². The fourth-order valence-electron chi connectivity index (χ4n) is 3.24. The fraction of sp³-hybridized carbons (Fsp3) is 0.333. The Hall–Kier alpha value is -2.48. The SMILES string of the molecule is O=C(Cn1ncc2c(N3CCCCC3)ncnc21)Nc1ccccc1Br. The van der Waals surface area contributed by atoms with E-state index in [2.05, 4.69) is 41.2 Å². The molecule has 0 aliphatic carbocycles. The second-order valence-corrected chi connectivity index (χ2v) is 7.17. The van der Waals surface area contributed by atoms with Crippen LogP contribution in [0.15, 0.2) is 41.3 Å². The van der Waals surface area contributed by atoms with E-state index in [1.54, 1.807) is 17.2 Å². The van der Waals surface area contributed by atoms with Crippen molar-refractivity contribution in [2.24, 2.45) is 0 Å². The molecular formula is C18H19BrN6O. The quantitative estimate of drug-likeness (QED) is 0.708. The van der Waals surface area contributed by atoms with Crippen molar-refractivity contribution in [3.63, 3.8) is 0 Å². The van der Waals surface area contributed by atoms with Crippen molar-refractivity contribution in [3.8, 4) is 0 Å². The maximum Gasteiger partial charge on any atom is 0.246 e. The van der Waals surface area contributed by atoms with Gasteiger partial charge < -0.3 is 10.2 Å². The number of piperidine rings is 1. The molecule has 1 N–H and O–H groups in total. The van der Waals surface area contributed by atoms with E-state index >= 15 is 0 Å². The van der Waals surface area contributed by atoms with E-state index in [1.165, 1.54) is 19.3 Å². The first kappa shape index (κ1) is 17.0. The number of para-hydroxylation sites is 1. The van der Waals surface area contributed by atoms with Crippen LogP contribution in [0, 0.1) is 0 Å². The van der Waals surface area contributed by atoms with Crippen LogP contribution in [0.2, 0.25) is 0 Å². The first-order valence-electron chi connectivity index (χ1n) is 8.68. The van der Waals surface area contributed by atoms with Gasteiger partial charge in [-0.15, -0.1) is 0 Å². The summed E-state index contributed by atoms with van der Waals surface area (Å²) in [7, 11) is 0. The van der Waals surface area contributed by atoms with Gasteiger partial charge in [0.2, 0.25) is 5.91 Å². The molecule has 0 radical (unpaired) electrons. The molecule has 7 nitrogen and oxygen atoms in total. The molecule has 3 heterocycles. The minimum Gasteiger partial charge on any atom is -0.356 e. The van der Waals surface area contributed by atoms with Crippen LogP contribution in [0.25, 0.3) is 11.0 Å². The minimum absolute atomic E-state index is 0.0985. The summed E-state index contributed by atoms with van der Waals surface area (Å²) in [6.07, 6.45) is 6.92. The van der Waals surface area contributed by atoms with Gasteiger partial charge in [-0.3, -0.25) is 4.79 Å². The Bertz CT molecular complexity index is 934. The van der Waals surface area contributed by atoms with Crippen LogP contribution in [-0.4, -0.2) is 38.7 Å². The summed E-state index contributed by atoms with van der Waals surface area (Å²) in [5.41, 5.74) is 1.42. The van der Waals surface area contributed by atoms with E-state index in [-0.39, 0.29) is 12.5 Å². The number of carbonyl (C=O) groups is 1. The van der Waals surface area contributed by atoms with Gasteiger partial charge in [0.15, 0.2) is 5.65 Å². The van der Waals surface area contributed by atoms with Crippen molar-refractivity contribution in [2.75, 3.05) is 23.3 Å². The summed E-state index contributed by atoms with van der Waals surface area (Å²) in [5.74, 6) is 0.757. The number of carbonyl (C=O) groups excluding carboxylic acids is 1. The number of hydrogen-bond donors (Lipinski definition) is 1. The van der Waals surface area contributed by atoms with Gasteiger partial charge in [0.25, 0.3) is 0 Å². The molecule has 4 rings (SSSR count). The van der Waals surface area contributed by atoms with Crippen molar-refractivity contribution < 1.29 is 4.79 Å². The Balaban J connectivity index is 1.56. The smallest absolute Gasteiger partial charge is 0.246 e. The number of rotatable bonds is 4. The average molecular weight is 415 g/mol. The molecule has 8 heteroatoms. The Labute approximate surface area is 159 Å². The zero-order valence-corrected chi connectivity index (χ0v) is 15.8. The first-order valence-corrected chi connectivity index (χ1v) is 9.47. The lowest BCUT2D eigenvalue weighted by Crippen LogP contribution is -2.30. The van der Waals surface area contributed by atoms with E-state index in [0.717, 1.165) is 34.5 Å². The summed E-state index contributed by atoms with van der Waals surface area (Å²) in [6, 6.07) is 7.51. The molecule has 1 aliphatic rings. The Morgan fingerprint density at radius 2 is 1.96 bits per heavy atom. The second kappa shape index (κ2) is 7.41. The topological polar surface area (TPSA) is 75.9 Å². The number of amides is 1. The predicted molar refractivity (Wildman–Crippen MR) is 104 cm³/mol. The van der Waals surface area contributed by atoms with Crippen molar-refractivity contribution >= 4 is 44.4 Å². The van der Waals surface area contributed by atoms with Crippen LogP contribution in [-0.2, 0) is 11.3 Å². The Morgan fingerprint density at radius 1 is 1.15 bits per heavy atom. The molecule has 0 bridgehead atoms. The van der Waals surface area contributed by atoms with Gasteiger partial charge in [0, 0.05) is 17.6 Å². The van der Waals surface area contributed by atoms with Gasteiger partial charge >= 0.3 is 0 Å². The molecule has 1 aliphatic heterocycles. The van der Waals surface area contributed by atoms with Gasteiger partial charge in [0.1, 0.15) is 18.7 Å². The van der Waals surface area contributed by atoms with Crippen LogP contribution in [0.4, 0.5) is 11.5 Å². The van der Waals surface area contributed by atoms with Gasteiger partial charge in [-0.25, -0.2) is 14.6 Å². The summed E-state index contributed by atoms with van der Waals surface area (Å²) in [4.78, 5) is 23.5. The normalized spacial score (nSPS) is 14.6. The third-order valence-electron chi connectivity index (χ3n) is 4.51. The molecule has 0 unspecified atom stereocenters. The summed E-state index contributed by atoms with van der Waals surface area (Å²) in [6.45, 7) is 2.10. The highest BCUT2D eigenvalue weighted by Gasteiger charge is 2.18. The van der Waals surface area contributed by atoms with Gasteiger partial charge in [-0.05, 0) is 47.3 Å². The predicted octanol–water partition coefficient (Wildman–Crippen LogP) is 3.22. The number of benzene rings is 1. The number of nitrogens with one attached hydrogen (secondary N) is 1. The maximum atomic E-state index is 12.4. The lowest BCUT2D eigenvalue weighted by atomic mass is 10.1. The summed E-state index contributed by atoms with van der Waals surface area (Å²) in [5, 5.41) is 8.15. The molecule has 134 valence electrons. The number of fused-ring (bicyclic) bond motifs is 1. The highest BCUT2D eigenvalue weighted by molar-refractivity contribution is 9.10. The number of anilines is 2. The maximum absolute atomic E-state index is 12.4. The van der Waals surface area contributed by atoms with E-state index in [1.807, 2.05) is 24.3 Å². The van der Waals surface area contributed by atoms with Gasteiger partial charge in [-0.1, -0.05) is 12.1 Å². The van der Waals surface area contributed by atoms with Crippen LogP contribution < -0.4 is 10.2 Å². The molecule has 0 spiro atoms. The van der Waals surface area contributed by atoms with Gasteiger partial charge in [-0.2, -0.15) is 5.10 Å². The van der Waals surface area contributed by atoms with Crippen LogP contribution in [0.3, 0.4) is 0 Å². The first-order chi connectivity index (χ1) is 12.7. The second-order valence-electron chi connectivity index (χ2n) is 6.31. The highest BCUT2D eigenvalue weighted by atomic mass is 79.9. The number of aromatic nitrogens is 4. The molecule has 0 atom stereocenters. The minimum atomic E-state index is -0.153. The van der Waals surface area contributed by atoms with Crippen LogP contribution >= 0.6 is 15.9 Å². The van der Waals surface area contributed by atoms with Crippen molar-refractivity contribution in [3.05, 3.63) is 41.3 Å². The number of halogens is 1. The molecule has 1 aromatic carbocycles. The average Bonchev–Trinajstić information content (AvgIpc) is 3.07. The standard InChI is InChI=1S/C18H19BrN6O/c19-14-6-2-3-7-15(14)23-16(26)11-25-18-13(10-22-25)17(20-12-21-18)24-8-4-1-5-9-24/h2-3,6-7,10,12H,1,4-5,8-9,11H2,(H,23,26). The molecule has 1 amide bonds. The van der Waals surface area contributed by atoms with Crippen molar-refractivity contribution in [1.29, 1.82) is 0 Å². The van der Waals surface area contributed by atoms with E-state index in [0.29, 0.717) is 5.65 Å². The van der Waals surface area contributed by atoms with Crippen LogP contribution in [0.5, 0.6) is 0 Å². The molecule has 1 fully saturated rings. The highest BCUT2D eigenvalue weighted by Crippen LogP contribution is 2.25. The zero-order valence-electron chi connectivity index (χ0n) is 14.2. The molecule has 3 aromatic rings. The van der Waals surface area contributed by atoms with Crippen molar-refractivity contribution in [1.82, 2.24) is 19.7 Å². The fourth-order valence-corrected chi connectivity index (χ4v) is 3.63. The zero-order chi connectivity index (χ0) is 17.9. The molecule has 26 heavy (non-hydrogen) atoms. The summed E-state index contributed by atoms with van der Waals surface area (Å²) < 4.78 is 2.46. The van der Waals surface area contributed by atoms with E-state index in [9.17, 15) is 4.79 Å². The monoisotopic (exact) mass is 414 g/mol. The van der Waals surface area contributed by atoms with Crippen LogP contribution in [0.1, 0.15) is 19.3 Å². The van der Waals surface area contributed by atoms with Crippen molar-refractivity contribution in [2.45, 2.75) is 25.8 Å². The lowest BCUT2D eigenvalue weighted by Gasteiger charge is -2.27. The van der Waals surface area contributed by atoms with E-state index < -0.39 is 0 Å². The summed E-state index contributed by atoms with van der Waals surface area (Å²) >= 11 is 3.43. The van der Waals surface area contributed by atoms with Gasteiger partial charge in [0.05, 0.1) is 17.3 Å². The largest absolute Gasteiger partial charge is 0.356 e. The number of nitrogens with zero attached hydrogens (tertiary/aromatic N) is 5. The number of hydrogen-bond acceptors (Lipinski definition) is 5. The molecular weight excluding hydrogens is 396 g/mol. The lowest BCUT2D eigenvalue weighted by molar-refractivity contribution is -0.116. The third kappa shape index (κ3) is 3.41. The molecule has 2 aromatic heterocycles. The molecule has 1 saturated heterocycles. The molecule has 0 saturated carbocycles. The Morgan fingerprint density at radius 3 is 2.77 bits per heavy atom.